The lowest BCUT2D eigenvalue weighted by molar-refractivity contribution is -0.121. The number of methoxy groups -OCH3 is 1. The van der Waals surface area contributed by atoms with Gasteiger partial charge in [0.1, 0.15) is 0 Å². The van der Waals surface area contributed by atoms with Crippen LogP contribution in [-0.4, -0.2) is 29.4 Å². The number of amides is 1. The molecule has 2 heterocycles. The molecule has 0 fully saturated rings. The zero-order chi connectivity index (χ0) is 17.9. The lowest BCUT2D eigenvalue weighted by atomic mass is 9.93. The zero-order valence-electron chi connectivity index (χ0n) is 14.9. The molecule has 136 valence electrons. The van der Waals surface area contributed by atoms with Crippen molar-refractivity contribution in [3.8, 4) is 0 Å². The number of aryl methyl sites for hydroxylation is 1. The first kappa shape index (κ1) is 17.2. The second kappa shape index (κ2) is 7.60. The Kier molecular flexibility index (Phi) is 5.04. The number of nitrogens with one attached hydrogen (secondary N) is 1. The number of nitrogens with zero attached hydrogens (tertiary/aromatic N) is 2. The Morgan fingerprint density at radius 3 is 3.19 bits per heavy atom. The average molecular weight is 369 g/mol. The van der Waals surface area contributed by atoms with Gasteiger partial charge in [-0.25, -0.2) is 0 Å². The highest BCUT2D eigenvalue weighted by Gasteiger charge is 2.25. The van der Waals surface area contributed by atoms with E-state index in [0.29, 0.717) is 13.0 Å². The van der Waals surface area contributed by atoms with Crippen LogP contribution in [0.25, 0.3) is 10.1 Å². The molecule has 0 saturated carbocycles. The predicted octanol–water partition coefficient (Wildman–Crippen LogP) is 3.48. The van der Waals surface area contributed by atoms with Crippen molar-refractivity contribution in [1.29, 1.82) is 0 Å². The van der Waals surface area contributed by atoms with Crippen molar-refractivity contribution in [3.05, 3.63) is 52.7 Å². The monoisotopic (exact) mass is 369 g/mol. The number of hydrogen-bond donors (Lipinski definition) is 1. The van der Waals surface area contributed by atoms with E-state index in [1.54, 1.807) is 18.4 Å². The molecule has 1 amide bonds. The van der Waals surface area contributed by atoms with Crippen molar-refractivity contribution < 1.29 is 9.53 Å². The van der Waals surface area contributed by atoms with Crippen molar-refractivity contribution in [2.24, 2.45) is 0 Å². The predicted molar refractivity (Wildman–Crippen MR) is 103 cm³/mol. The first-order valence-corrected chi connectivity index (χ1v) is 9.92. The lowest BCUT2D eigenvalue weighted by Gasteiger charge is -2.22. The van der Waals surface area contributed by atoms with Crippen molar-refractivity contribution in [2.45, 2.75) is 38.3 Å². The van der Waals surface area contributed by atoms with E-state index in [1.807, 2.05) is 16.8 Å². The molecule has 0 radical (unpaired) electrons. The summed E-state index contributed by atoms with van der Waals surface area (Å²) in [4.78, 5) is 12.6. The number of benzene rings is 1. The summed E-state index contributed by atoms with van der Waals surface area (Å²) < 4.78 is 8.30. The molecule has 1 unspecified atom stereocenters. The minimum atomic E-state index is 0.0138. The van der Waals surface area contributed by atoms with Crippen LogP contribution in [0.5, 0.6) is 0 Å². The Balaban J connectivity index is 1.46. The number of fused-ring (bicyclic) bond motifs is 2. The number of thiophene rings is 1. The van der Waals surface area contributed by atoms with E-state index in [1.165, 1.54) is 15.6 Å². The molecule has 0 aliphatic heterocycles. The molecule has 1 atom stereocenters. The maximum Gasteiger partial charge on any atom is 0.225 e. The summed E-state index contributed by atoms with van der Waals surface area (Å²) in [6.45, 7) is 1.38. The van der Waals surface area contributed by atoms with Gasteiger partial charge in [0.15, 0.2) is 0 Å². The number of rotatable bonds is 6. The fourth-order valence-corrected chi connectivity index (χ4v) is 4.59. The highest BCUT2D eigenvalue weighted by molar-refractivity contribution is 7.17. The summed E-state index contributed by atoms with van der Waals surface area (Å²) in [5.74, 6) is 0.0674. The molecule has 1 aromatic carbocycles. The lowest BCUT2D eigenvalue weighted by Crippen LogP contribution is -2.32. The van der Waals surface area contributed by atoms with Gasteiger partial charge in [0.2, 0.25) is 5.91 Å². The van der Waals surface area contributed by atoms with Crippen LogP contribution >= 0.6 is 11.3 Å². The molecule has 4 rings (SSSR count). The molecule has 0 bridgehead atoms. The van der Waals surface area contributed by atoms with Crippen molar-refractivity contribution in [2.75, 3.05) is 13.7 Å². The minimum Gasteiger partial charge on any atom is -0.383 e. The third-order valence-corrected chi connectivity index (χ3v) is 5.92. The van der Waals surface area contributed by atoms with Crippen LogP contribution in [0.4, 0.5) is 0 Å². The van der Waals surface area contributed by atoms with Gasteiger partial charge in [-0.1, -0.05) is 18.2 Å². The molecular formula is C20H23N3O2S. The SMILES string of the molecule is COCCn1cc2c(n1)C(NC(=O)Cc1csc3ccccc13)CCC2. The summed E-state index contributed by atoms with van der Waals surface area (Å²) in [7, 11) is 1.70. The molecule has 0 spiro atoms. The van der Waals surface area contributed by atoms with Gasteiger partial charge in [-0.2, -0.15) is 5.10 Å². The fraction of sp³-hybridized carbons (Fsp3) is 0.400. The molecule has 3 aromatic rings. The molecule has 26 heavy (non-hydrogen) atoms. The summed E-state index contributed by atoms with van der Waals surface area (Å²) in [6, 6.07) is 8.26. The number of carbonyl (C=O) groups is 1. The Labute approximate surface area is 157 Å². The van der Waals surface area contributed by atoms with Crippen LogP contribution in [-0.2, 0) is 28.9 Å². The van der Waals surface area contributed by atoms with E-state index in [-0.39, 0.29) is 11.9 Å². The average Bonchev–Trinajstić information content (AvgIpc) is 3.25. The van der Waals surface area contributed by atoms with Crippen LogP contribution in [0.3, 0.4) is 0 Å². The molecule has 2 aromatic heterocycles. The molecule has 0 saturated heterocycles. The largest absolute Gasteiger partial charge is 0.383 e. The quantitative estimate of drug-likeness (QED) is 0.724. The van der Waals surface area contributed by atoms with Gasteiger partial charge >= 0.3 is 0 Å². The molecule has 1 N–H and O–H groups in total. The number of carbonyl (C=O) groups excluding carboxylic acids is 1. The Bertz CT molecular complexity index is 915. The molecule has 5 nitrogen and oxygen atoms in total. The minimum absolute atomic E-state index is 0.0138. The molecule has 6 heteroatoms. The molecule has 1 aliphatic carbocycles. The van der Waals surface area contributed by atoms with Gasteiger partial charge in [0, 0.05) is 18.0 Å². The van der Waals surface area contributed by atoms with Gasteiger partial charge in [-0.15, -0.1) is 11.3 Å². The maximum atomic E-state index is 12.6. The van der Waals surface area contributed by atoms with E-state index in [9.17, 15) is 4.79 Å². The third-order valence-electron chi connectivity index (χ3n) is 4.91. The molecule has 1 aliphatic rings. The van der Waals surface area contributed by atoms with E-state index < -0.39 is 0 Å². The van der Waals surface area contributed by atoms with E-state index in [0.717, 1.165) is 37.1 Å². The van der Waals surface area contributed by atoms with Gasteiger partial charge < -0.3 is 10.1 Å². The number of hydrogen-bond acceptors (Lipinski definition) is 4. The van der Waals surface area contributed by atoms with Gasteiger partial charge in [0.05, 0.1) is 31.3 Å². The van der Waals surface area contributed by atoms with Crippen LogP contribution in [0, 0.1) is 0 Å². The third kappa shape index (κ3) is 3.52. The Hall–Kier alpha value is -2.18. The van der Waals surface area contributed by atoms with E-state index in [2.05, 4.69) is 29.0 Å². The second-order valence-corrected chi connectivity index (χ2v) is 7.65. The summed E-state index contributed by atoms with van der Waals surface area (Å²) in [5.41, 5.74) is 3.37. The Morgan fingerprint density at radius 1 is 1.42 bits per heavy atom. The zero-order valence-corrected chi connectivity index (χ0v) is 15.7. The standard InChI is InChI=1S/C20H23N3O2S/c1-25-10-9-23-12-14-5-4-7-17(20(14)22-23)21-19(24)11-15-13-26-18-8-3-2-6-16(15)18/h2-3,6,8,12-13,17H,4-5,7,9-11H2,1H3,(H,21,24). The van der Waals surface area contributed by atoms with E-state index >= 15 is 0 Å². The van der Waals surface area contributed by atoms with Crippen LogP contribution in [0.1, 0.15) is 35.7 Å². The number of aromatic nitrogens is 2. The summed E-state index contributed by atoms with van der Waals surface area (Å²) in [5, 5.41) is 11.2. The van der Waals surface area contributed by atoms with Crippen LogP contribution in [0.2, 0.25) is 0 Å². The first-order chi connectivity index (χ1) is 12.7. The first-order valence-electron chi connectivity index (χ1n) is 9.04. The number of ether oxygens (including phenoxy) is 1. The summed E-state index contributed by atoms with van der Waals surface area (Å²) in [6.07, 6.45) is 5.57. The fourth-order valence-electron chi connectivity index (χ4n) is 3.62. The van der Waals surface area contributed by atoms with Crippen molar-refractivity contribution in [3.63, 3.8) is 0 Å². The van der Waals surface area contributed by atoms with Gasteiger partial charge in [-0.05, 0) is 47.2 Å². The van der Waals surface area contributed by atoms with E-state index in [4.69, 9.17) is 9.84 Å². The highest BCUT2D eigenvalue weighted by Crippen LogP contribution is 2.29. The van der Waals surface area contributed by atoms with Crippen LogP contribution in [0.15, 0.2) is 35.8 Å². The van der Waals surface area contributed by atoms with Crippen LogP contribution < -0.4 is 5.32 Å². The normalized spacial score (nSPS) is 16.6. The molecular weight excluding hydrogens is 346 g/mol. The summed E-state index contributed by atoms with van der Waals surface area (Å²) >= 11 is 1.69. The highest BCUT2D eigenvalue weighted by atomic mass is 32.1. The maximum absolute atomic E-state index is 12.6. The van der Waals surface area contributed by atoms with Crippen molar-refractivity contribution in [1.82, 2.24) is 15.1 Å². The second-order valence-electron chi connectivity index (χ2n) is 6.74. The van der Waals surface area contributed by atoms with Gasteiger partial charge in [0.25, 0.3) is 0 Å². The van der Waals surface area contributed by atoms with Crippen molar-refractivity contribution >= 4 is 27.3 Å². The topological polar surface area (TPSA) is 56.1 Å². The smallest absolute Gasteiger partial charge is 0.225 e. The Morgan fingerprint density at radius 2 is 2.31 bits per heavy atom. The van der Waals surface area contributed by atoms with Gasteiger partial charge in [-0.3, -0.25) is 9.48 Å².